The van der Waals surface area contributed by atoms with Gasteiger partial charge in [-0.05, 0) is 64.5 Å². The van der Waals surface area contributed by atoms with E-state index in [-0.39, 0.29) is 0 Å². The van der Waals surface area contributed by atoms with Gasteiger partial charge in [-0.1, -0.05) is 188 Å². The van der Waals surface area contributed by atoms with Crippen molar-refractivity contribution in [2.75, 3.05) is 0 Å². The van der Waals surface area contributed by atoms with Gasteiger partial charge in [0.1, 0.15) is 0 Å². The lowest BCUT2D eigenvalue weighted by molar-refractivity contribution is 1.18. The predicted molar refractivity (Wildman–Crippen MR) is 262 cm³/mol. The van der Waals surface area contributed by atoms with Gasteiger partial charge in [-0.3, -0.25) is 0 Å². The van der Waals surface area contributed by atoms with Crippen molar-refractivity contribution in [3.8, 4) is 73.1 Å². The molecule has 3 heterocycles. The Bertz CT molecular complexity index is 3640. The maximum Gasteiger partial charge on any atom is 0.160 e. The van der Waals surface area contributed by atoms with Crippen molar-refractivity contribution in [3.05, 3.63) is 231 Å². The zero-order chi connectivity index (χ0) is 41.7. The SMILES string of the molecule is c1ccc(-c2ccc(-c3cc(-c4cccc(-c5cccc6c7cc8c(-c9ccccc9)nc9ccccc9c8cc7n(-c7ccccc7)c56)c4)nc(-c4ccccc4)n3)cc2)cc1. The van der Waals surface area contributed by atoms with Crippen LogP contribution in [0.4, 0.5) is 0 Å². The van der Waals surface area contributed by atoms with Crippen molar-refractivity contribution >= 4 is 43.5 Å². The monoisotopic (exact) mass is 802 g/mol. The molecule has 4 nitrogen and oxygen atoms in total. The molecule has 0 aliphatic carbocycles. The Kier molecular flexibility index (Phi) is 8.79. The summed E-state index contributed by atoms with van der Waals surface area (Å²) < 4.78 is 2.44. The van der Waals surface area contributed by atoms with Gasteiger partial charge in [0.2, 0.25) is 0 Å². The minimum Gasteiger partial charge on any atom is -0.309 e. The van der Waals surface area contributed by atoms with E-state index in [0.717, 1.165) is 83.5 Å². The van der Waals surface area contributed by atoms with Crippen LogP contribution in [-0.2, 0) is 0 Å². The summed E-state index contributed by atoms with van der Waals surface area (Å²) in [6, 6.07) is 81.6. The number of fused-ring (bicyclic) bond motifs is 6. The second-order valence-electron chi connectivity index (χ2n) is 16.0. The number of aromatic nitrogens is 4. The van der Waals surface area contributed by atoms with E-state index < -0.39 is 0 Å². The van der Waals surface area contributed by atoms with Gasteiger partial charge >= 0.3 is 0 Å². The third-order valence-electron chi connectivity index (χ3n) is 12.2. The minimum absolute atomic E-state index is 0.691. The second-order valence-corrected chi connectivity index (χ2v) is 16.0. The summed E-state index contributed by atoms with van der Waals surface area (Å²) in [6.45, 7) is 0. The van der Waals surface area contributed by atoms with E-state index in [0.29, 0.717) is 5.82 Å². The first-order valence-electron chi connectivity index (χ1n) is 21.4. The predicted octanol–water partition coefficient (Wildman–Crippen LogP) is 15.3. The molecule has 0 aliphatic heterocycles. The van der Waals surface area contributed by atoms with Gasteiger partial charge in [-0.15, -0.1) is 0 Å². The average molecular weight is 803 g/mol. The molecule has 0 saturated carbocycles. The highest BCUT2D eigenvalue weighted by Gasteiger charge is 2.21. The maximum atomic E-state index is 5.28. The Labute approximate surface area is 365 Å². The Balaban J connectivity index is 1.06. The molecule has 9 aromatic carbocycles. The molecule has 0 spiro atoms. The number of nitrogens with zero attached hydrogens (tertiary/aromatic N) is 4. The zero-order valence-electron chi connectivity index (χ0n) is 34.2. The van der Waals surface area contributed by atoms with Gasteiger partial charge in [0, 0.05) is 55.0 Å². The third kappa shape index (κ3) is 6.44. The highest BCUT2D eigenvalue weighted by Crippen LogP contribution is 2.43. The van der Waals surface area contributed by atoms with E-state index in [4.69, 9.17) is 15.0 Å². The number of benzene rings is 9. The summed E-state index contributed by atoms with van der Waals surface area (Å²) in [6.07, 6.45) is 0. The molecule has 0 atom stereocenters. The molecule has 63 heavy (non-hydrogen) atoms. The van der Waals surface area contributed by atoms with Crippen molar-refractivity contribution in [2.24, 2.45) is 0 Å². The zero-order valence-corrected chi connectivity index (χ0v) is 34.2. The van der Waals surface area contributed by atoms with Crippen molar-refractivity contribution in [2.45, 2.75) is 0 Å². The second kappa shape index (κ2) is 15.2. The first-order chi connectivity index (χ1) is 31.2. The normalized spacial score (nSPS) is 11.5. The van der Waals surface area contributed by atoms with Crippen LogP contribution in [0.25, 0.3) is 117 Å². The molecular formula is C59H38N4. The van der Waals surface area contributed by atoms with Gasteiger partial charge in [0.25, 0.3) is 0 Å². The molecule has 0 N–H and O–H groups in total. The maximum absolute atomic E-state index is 5.28. The summed E-state index contributed by atoms with van der Waals surface area (Å²) in [7, 11) is 0. The standard InChI is InChI=1S/C59H38N4/c1-5-17-39(18-6-1)40-31-33-41(34-32-40)54-38-55(62-59(61-54)43-21-9-3-10-22-43)45-24-15-23-44(35-45)47-28-16-29-49-51-36-52-50(37-56(51)63(58(47)49)46-25-11-4-12-26-46)48-27-13-14-30-53(48)60-57(52)42-19-7-2-8-20-42/h1-38H. The topological polar surface area (TPSA) is 43.6 Å². The van der Waals surface area contributed by atoms with Crippen LogP contribution in [0.3, 0.4) is 0 Å². The largest absolute Gasteiger partial charge is 0.309 e. The molecule has 3 aromatic heterocycles. The highest BCUT2D eigenvalue weighted by molar-refractivity contribution is 6.21. The number of hydrogen-bond donors (Lipinski definition) is 0. The molecule has 0 bridgehead atoms. The van der Waals surface area contributed by atoms with Gasteiger partial charge < -0.3 is 4.57 Å². The molecule has 0 saturated heterocycles. The van der Waals surface area contributed by atoms with E-state index in [2.05, 4.69) is 211 Å². The summed E-state index contributed by atoms with van der Waals surface area (Å²) in [4.78, 5) is 15.6. The van der Waals surface area contributed by atoms with Crippen molar-refractivity contribution in [1.29, 1.82) is 0 Å². The van der Waals surface area contributed by atoms with Crippen molar-refractivity contribution < 1.29 is 0 Å². The Morgan fingerprint density at radius 2 is 0.857 bits per heavy atom. The van der Waals surface area contributed by atoms with Crippen LogP contribution in [0.5, 0.6) is 0 Å². The summed E-state index contributed by atoms with van der Waals surface area (Å²) in [5.74, 6) is 0.691. The van der Waals surface area contributed by atoms with Gasteiger partial charge in [-0.2, -0.15) is 0 Å². The molecule has 12 rings (SSSR count). The first-order valence-corrected chi connectivity index (χ1v) is 21.4. The molecule has 294 valence electrons. The van der Waals surface area contributed by atoms with Crippen LogP contribution in [-0.4, -0.2) is 19.5 Å². The van der Waals surface area contributed by atoms with Crippen molar-refractivity contribution in [1.82, 2.24) is 19.5 Å². The highest BCUT2D eigenvalue weighted by atomic mass is 15.0. The van der Waals surface area contributed by atoms with E-state index in [1.54, 1.807) is 0 Å². The van der Waals surface area contributed by atoms with E-state index in [9.17, 15) is 0 Å². The third-order valence-corrected chi connectivity index (χ3v) is 12.2. The smallest absolute Gasteiger partial charge is 0.160 e. The van der Waals surface area contributed by atoms with Crippen LogP contribution < -0.4 is 0 Å². The summed E-state index contributed by atoms with van der Waals surface area (Å²) >= 11 is 0. The van der Waals surface area contributed by atoms with Gasteiger partial charge in [0.05, 0.1) is 33.6 Å². The lowest BCUT2D eigenvalue weighted by Gasteiger charge is -2.14. The number of pyridine rings is 1. The van der Waals surface area contributed by atoms with Crippen LogP contribution in [0, 0.1) is 0 Å². The fourth-order valence-corrected chi connectivity index (χ4v) is 9.17. The van der Waals surface area contributed by atoms with Crippen LogP contribution >= 0.6 is 0 Å². The van der Waals surface area contributed by atoms with E-state index in [1.165, 1.54) is 27.3 Å². The number of para-hydroxylation sites is 3. The summed E-state index contributed by atoms with van der Waals surface area (Å²) in [5.41, 5.74) is 15.8. The molecule has 0 amide bonds. The van der Waals surface area contributed by atoms with E-state index in [1.807, 2.05) is 24.3 Å². The molecule has 0 radical (unpaired) electrons. The Hall–Kier alpha value is -8.47. The Morgan fingerprint density at radius 1 is 0.302 bits per heavy atom. The molecule has 0 unspecified atom stereocenters. The summed E-state index contributed by atoms with van der Waals surface area (Å²) in [5, 5.41) is 5.81. The molecule has 12 aromatic rings. The Morgan fingerprint density at radius 3 is 1.60 bits per heavy atom. The fraction of sp³-hybridized carbons (Fsp3) is 0. The molecule has 0 fully saturated rings. The molecule has 4 heteroatoms. The van der Waals surface area contributed by atoms with Gasteiger partial charge in [0.15, 0.2) is 5.82 Å². The van der Waals surface area contributed by atoms with Crippen molar-refractivity contribution in [3.63, 3.8) is 0 Å². The van der Waals surface area contributed by atoms with Gasteiger partial charge in [-0.25, -0.2) is 15.0 Å². The number of hydrogen-bond acceptors (Lipinski definition) is 3. The average Bonchev–Trinajstić information content (AvgIpc) is 3.70. The van der Waals surface area contributed by atoms with Crippen LogP contribution in [0.2, 0.25) is 0 Å². The molecule has 0 aliphatic rings. The fourth-order valence-electron chi connectivity index (χ4n) is 9.17. The lowest BCUT2D eigenvalue weighted by Crippen LogP contribution is -1.97. The minimum atomic E-state index is 0.691. The molecular weight excluding hydrogens is 765 g/mol. The number of rotatable bonds is 7. The first kappa shape index (κ1) is 36.4. The van der Waals surface area contributed by atoms with E-state index >= 15 is 0 Å². The van der Waals surface area contributed by atoms with Crippen LogP contribution in [0.15, 0.2) is 231 Å². The van der Waals surface area contributed by atoms with Crippen LogP contribution in [0.1, 0.15) is 0 Å². The quantitative estimate of drug-likeness (QED) is 0.151. The lowest BCUT2D eigenvalue weighted by atomic mass is 9.96.